The number of Topliss-reactive ketones (excluding diaryl/α,β-unsaturated/α-hetero) is 1. The van der Waals surface area contributed by atoms with Crippen molar-refractivity contribution in [2.24, 2.45) is 34.5 Å². The van der Waals surface area contributed by atoms with Crippen LogP contribution in [0.25, 0.3) is 0 Å². The Hall–Kier alpha value is -0.380. The fourth-order valence-electron chi connectivity index (χ4n) is 7.31. The van der Waals surface area contributed by atoms with Gasteiger partial charge in [0.25, 0.3) is 0 Å². The summed E-state index contributed by atoms with van der Waals surface area (Å²) in [7, 11) is 0. The molecular weight excluding hydrogens is 380 g/mol. The number of rotatable bonds is 1. The summed E-state index contributed by atoms with van der Waals surface area (Å²) >= 11 is 3.66. The van der Waals surface area contributed by atoms with Gasteiger partial charge in [0.15, 0.2) is 5.78 Å². The lowest BCUT2D eigenvalue weighted by molar-refractivity contribution is -0.160. The molecule has 0 heterocycles. The summed E-state index contributed by atoms with van der Waals surface area (Å²) in [6.45, 7) is 6.27. The predicted molar refractivity (Wildman–Crippen MR) is 100 cm³/mol. The van der Waals surface area contributed by atoms with Crippen LogP contribution in [0, 0.1) is 34.5 Å². The highest BCUT2D eigenvalue weighted by Crippen LogP contribution is 2.66. The molecule has 0 N–H and O–H groups in total. The van der Waals surface area contributed by atoms with Crippen molar-refractivity contribution in [1.29, 1.82) is 0 Å². The standard InChI is InChI=1S/C21H31BrO3/c1-12(23)25-14-6-8-20(2)13(10-14)4-5-15-16(20)7-9-21(3)17(15)11-18(22)19(21)24/h13-18H,4-11H2,1-3H3/t13-,14-,15-,16-,17+,18-,20-,21+/m1/s1. The molecule has 4 aliphatic carbocycles. The zero-order valence-electron chi connectivity index (χ0n) is 15.7. The Morgan fingerprint density at radius 1 is 1.08 bits per heavy atom. The maximum Gasteiger partial charge on any atom is 0.302 e. The lowest BCUT2D eigenvalue weighted by Crippen LogP contribution is -2.54. The molecule has 4 saturated carbocycles. The molecule has 0 spiro atoms. The number of ketones is 1. The van der Waals surface area contributed by atoms with Crippen molar-refractivity contribution in [1.82, 2.24) is 0 Å². The van der Waals surface area contributed by atoms with Gasteiger partial charge in [-0.25, -0.2) is 0 Å². The Kier molecular flexibility index (Phi) is 4.37. The van der Waals surface area contributed by atoms with E-state index in [-0.39, 0.29) is 22.3 Å². The molecule has 4 heteroatoms. The molecule has 0 aromatic rings. The van der Waals surface area contributed by atoms with Crippen LogP contribution < -0.4 is 0 Å². The molecule has 0 saturated heterocycles. The quantitative estimate of drug-likeness (QED) is 0.455. The average Bonchev–Trinajstić information content (AvgIpc) is 2.78. The van der Waals surface area contributed by atoms with Crippen molar-refractivity contribution in [2.45, 2.75) is 83.1 Å². The summed E-state index contributed by atoms with van der Waals surface area (Å²) in [6.07, 6.45) is 9.15. The van der Waals surface area contributed by atoms with E-state index in [1.807, 2.05) is 0 Å². The van der Waals surface area contributed by atoms with Crippen molar-refractivity contribution in [3.05, 3.63) is 0 Å². The van der Waals surface area contributed by atoms with Crippen LogP contribution in [0.4, 0.5) is 0 Å². The number of esters is 1. The Bertz CT molecular complexity index is 590. The Balaban J connectivity index is 1.55. The zero-order chi connectivity index (χ0) is 18.0. The Morgan fingerprint density at radius 3 is 2.56 bits per heavy atom. The lowest BCUT2D eigenvalue weighted by Gasteiger charge is -2.60. The lowest BCUT2D eigenvalue weighted by atomic mass is 9.45. The molecule has 25 heavy (non-hydrogen) atoms. The van der Waals surface area contributed by atoms with Gasteiger partial charge in [-0.1, -0.05) is 29.8 Å². The van der Waals surface area contributed by atoms with E-state index in [0.29, 0.717) is 29.0 Å². The summed E-state index contributed by atoms with van der Waals surface area (Å²) in [5.74, 6) is 3.01. The van der Waals surface area contributed by atoms with E-state index in [9.17, 15) is 9.59 Å². The molecule has 0 aliphatic heterocycles. The van der Waals surface area contributed by atoms with Gasteiger partial charge in [-0.15, -0.1) is 0 Å². The van der Waals surface area contributed by atoms with Crippen LogP contribution in [0.5, 0.6) is 0 Å². The van der Waals surface area contributed by atoms with E-state index in [1.165, 1.54) is 32.6 Å². The van der Waals surface area contributed by atoms with E-state index in [1.54, 1.807) is 0 Å². The van der Waals surface area contributed by atoms with Crippen LogP contribution in [0.2, 0.25) is 0 Å². The van der Waals surface area contributed by atoms with Gasteiger partial charge in [0.05, 0.1) is 4.83 Å². The predicted octanol–water partition coefficient (Wildman–Crippen LogP) is 4.90. The number of halogens is 1. The van der Waals surface area contributed by atoms with Crippen molar-refractivity contribution >= 4 is 27.7 Å². The van der Waals surface area contributed by atoms with Gasteiger partial charge in [0.2, 0.25) is 0 Å². The summed E-state index contributed by atoms with van der Waals surface area (Å²) in [5.41, 5.74) is 0.280. The minimum atomic E-state index is -0.136. The van der Waals surface area contributed by atoms with Crippen LogP contribution in [0.1, 0.15) is 72.1 Å². The van der Waals surface area contributed by atoms with E-state index in [2.05, 4.69) is 29.8 Å². The van der Waals surface area contributed by atoms with Gasteiger partial charge < -0.3 is 4.74 Å². The highest BCUT2D eigenvalue weighted by atomic mass is 79.9. The van der Waals surface area contributed by atoms with E-state index >= 15 is 0 Å². The topological polar surface area (TPSA) is 43.4 Å². The summed E-state index contributed by atoms with van der Waals surface area (Å²) in [6, 6.07) is 0. The Labute approximate surface area is 159 Å². The van der Waals surface area contributed by atoms with Gasteiger partial charge in [-0.2, -0.15) is 0 Å². The van der Waals surface area contributed by atoms with Crippen LogP contribution in [-0.4, -0.2) is 22.7 Å². The first-order valence-electron chi connectivity index (χ1n) is 10.1. The highest BCUT2D eigenvalue weighted by Gasteiger charge is 2.62. The monoisotopic (exact) mass is 410 g/mol. The first-order valence-corrected chi connectivity index (χ1v) is 11.0. The smallest absolute Gasteiger partial charge is 0.302 e. The second kappa shape index (κ2) is 6.07. The van der Waals surface area contributed by atoms with Gasteiger partial charge in [-0.05, 0) is 80.5 Å². The summed E-state index contributed by atoms with van der Waals surface area (Å²) in [4.78, 5) is 24.2. The minimum absolute atomic E-state index is 0.0754. The maximum absolute atomic E-state index is 12.7. The number of hydrogen-bond donors (Lipinski definition) is 0. The SMILES string of the molecule is CC(=O)O[C@@H]1CC[C@]2(C)[C@H](CC[C@@H]3[C@H]2CC[C@]2(C)C(=O)[C@H](Br)C[C@@H]32)C1. The molecule has 0 radical (unpaired) electrons. The molecule has 4 rings (SSSR count). The molecule has 4 aliphatic rings. The summed E-state index contributed by atoms with van der Waals surface area (Å²) in [5, 5.41) is 0. The molecule has 3 nitrogen and oxygen atoms in total. The molecule has 0 aromatic heterocycles. The van der Waals surface area contributed by atoms with E-state index in [4.69, 9.17) is 4.74 Å². The third kappa shape index (κ3) is 2.64. The molecule has 0 unspecified atom stereocenters. The van der Waals surface area contributed by atoms with Crippen molar-refractivity contribution in [2.75, 3.05) is 0 Å². The normalized spacial score (nSPS) is 52.1. The second-order valence-electron chi connectivity index (χ2n) is 9.69. The number of ether oxygens (including phenoxy) is 1. The maximum atomic E-state index is 12.7. The van der Waals surface area contributed by atoms with Crippen LogP contribution in [-0.2, 0) is 14.3 Å². The zero-order valence-corrected chi connectivity index (χ0v) is 17.3. The van der Waals surface area contributed by atoms with Crippen LogP contribution in [0.15, 0.2) is 0 Å². The summed E-state index contributed by atoms with van der Waals surface area (Å²) < 4.78 is 5.54. The minimum Gasteiger partial charge on any atom is -0.463 e. The highest BCUT2D eigenvalue weighted by molar-refractivity contribution is 9.10. The fraction of sp³-hybridized carbons (Fsp3) is 0.905. The van der Waals surface area contributed by atoms with Gasteiger partial charge >= 0.3 is 5.97 Å². The third-order valence-corrected chi connectivity index (χ3v) is 9.44. The number of carbonyl (C=O) groups is 2. The molecule has 8 atom stereocenters. The molecule has 0 bridgehead atoms. The number of hydrogen-bond acceptors (Lipinski definition) is 3. The fourth-order valence-corrected chi connectivity index (χ4v) is 8.23. The molecule has 0 amide bonds. The second-order valence-corrected chi connectivity index (χ2v) is 10.8. The van der Waals surface area contributed by atoms with Crippen molar-refractivity contribution < 1.29 is 14.3 Å². The number of fused-ring (bicyclic) bond motifs is 5. The van der Waals surface area contributed by atoms with Crippen LogP contribution >= 0.6 is 15.9 Å². The first kappa shape index (κ1) is 18.0. The van der Waals surface area contributed by atoms with Gasteiger partial charge in [-0.3, -0.25) is 9.59 Å². The van der Waals surface area contributed by atoms with E-state index < -0.39 is 0 Å². The van der Waals surface area contributed by atoms with Gasteiger partial charge in [0, 0.05) is 12.3 Å². The molecular formula is C21H31BrO3. The number of carbonyl (C=O) groups excluding carboxylic acids is 2. The van der Waals surface area contributed by atoms with Crippen LogP contribution in [0.3, 0.4) is 0 Å². The van der Waals surface area contributed by atoms with Crippen molar-refractivity contribution in [3.63, 3.8) is 0 Å². The van der Waals surface area contributed by atoms with E-state index in [0.717, 1.165) is 31.6 Å². The third-order valence-electron chi connectivity index (χ3n) is 8.65. The largest absolute Gasteiger partial charge is 0.463 e. The molecule has 0 aromatic carbocycles. The van der Waals surface area contributed by atoms with Gasteiger partial charge in [0.1, 0.15) is 6.10 Å². The number of alkyl halides is 1. The molecule has 140 valence electrons. The Morgan fingerprint density at radius 2 is 1.84 bits per heavy atom. The average molecular weight is 411 g/mol. The molecule has 4 fully saturated rings. The first-order chi connectivity index (χ1) is 11.8. The van der Waals surface area contributed by atoms with Crippen molar-refractivity contribution in [3.8, 4) is 0 Å².